The first kappa shape index (κ1) is 18.1. The Morgan fingerprint density at radius 3 is 2.33 bits per heavy atom. The fraction of sp³-hybridized carbons (Fsp3) is 0.722. The standard InChI is InChI=1S/C18H33N3/c1-6-18(7-2,14-20-16(3)4)15-21(5)13-10-17-8-11-19-12-9-17/h8-9,11-12,16,20H,6-7,10,13-15H2,1-5H3. The Balaban J connectivity index is 2.49. The second-order valence-electron chi connectivity index (χ2n) is 6.59. The molecule has 0 saturated heterocycles. The highest BCUT2D eigenvalue weighted by molar-refractivity contribution is 5.09. The molecule has 0 bridgehead atoms. The Morgan fingerprint density at radius 2 is 1.81 bits per heavy atom. The lowest BCUT2D eigenvalue weighted by Gasteiger charge is -2.36. The SMILES string of the molecule is CCC(CC)(CNC(C)C)CN(C)CCc1ccncc1. The lowest BCUT2D eigenvalue weighted by Crippen LogP contribution is -2.44. The van der Waals surface area contributed by atoms with Crippen molar-refractivity contribution in [2.24, 2.45) is 5.41 Å². The van der Waals surface area contributed by atoms with Crippen molar-refractivity contribution in [3.63, 3.8) is 0 Å². The molecule has 0 aliphatic carbocycles. The molecule has 1 aromatic heterocycles. The van der Waals surface area contributed by atoms with Gasteiger partial charge in [0.2, 0.25) is 0 Å². The molecule has 0 radical (unpaired) electrons. The van der Waals surface area contributed by atoms with Crippen LogP contribution in [0.4, 0.5) is 0 Å². The first-order valence-corrected chi connectivity index (χ1v) is 8.32. The molecule has 1 heterocycles. The summed E-state index contributed by atoms with van der Waals surface area (Å²) in [5.41, 5.74) is 1.76. The van der Waals surface area contributed by atoms with Gasteiger partial charge in [-0.15, -0.1) is 0 Å². The van der Waals surface area contributed by atoms with E-state index in [0.29, 0.717) is 11.5 Å². The lowest BCUT2D eigenvalue weighted by molar-refractivity contribution is 0.153. The molecule has 0 amide bonds. The van der Waals surface area contributed by atoms with Gasteiger partial charge < -0.3 is 10.2 Å². The fourth-order valence-corrected chi connectivity index (χ4v) is 2.72. The molecule has 1 aromatic rings. The third-order valence-corrected chi connectivity index (χ3v) is 4.52. The van der Waals surface area contributed by atoms with E-state index in [0.717, 1.165) is 26.1 Å². The van der Waals surface area contributed by atoms with Crippen LogP contribution in [0.25, 0.3) is 0 Å². The molecule has 0 spiro atoms. The average Bonchev–Trinajstić information content (AvgIpc) is 2.50. The lowest BCUT2D eigenvalue weighted by atomic mass is 9.81. The summed E-state index contributed by atoms with van der Waals surface area (Å²) in [6.45, 7) is 12.5. The summed E-state index contributed by atoms with van der Waals surface area (Å²) >= 11 is 0. The maximum atomic E-state index is 4.08. The fourth-order valence-electron chi connectivity index (χ4n) is 2.72. The van der Waals surface area contributed by atoms with Gasteiger partial charge in [-0.05, 0) is 49.4 Å². The molecule has 0 fully saturated rings. The van der Waals surface area contributed by atoms with Gasteiger partial charge in [-0.25, -0.2) is 0 Å². The number of aromatic nitrogens is 1. The van der Waals surface area contributed by atoms with E-state index in [1.54, 1.807) is 0 Å². The summed E-state index contributed by atoms with van der Waals surface area (Å²) in [5.74, 6) is 0. The monoisotopic (exact) mass is 291 g/mol. The first-order chi connectivity index (χ1) is 10.0. The number of hydrogen-bond acceptors (Lipinski definition) is 3. The first-order valence-electron chi connectivity index (χ1n) is 8.32. The molecule has 21 heavy (non-hydrogen) atoms. The topological polar surface area (TPSA) is 28.2 Å². The predicted octanol–water partition coefficient (Wildman–Crippen LogP) is 3.36. The highest BCUT2D eigenvalue weighted by Gasteiger charge is 2.27. The predicted molar refractivity (Wildman–Crippen MR) is 91.6 cm³/mol. The normalized spacial score (nSPS) is 12.3. The number of pyridine rings is 1. The van der Waals surface area contributed by atoms with Crippen LogP contribution in [-0.2, 0) is 6.42 Å². The van der Waals surface area contributed by atoms with Crippen molar-refractivity contribution in [3.8, 4) is 0 Å². The highest BCUT2D eigenvalue weighted by atomic mass is 15.1. The summed E-state index contributed by atoms with van der Waals surface area (Å²) < 4.78 is 0. The van der Waals surface area contributed by atoms with E-state index in [4.69, 9.17) is 0 Å². The molecule has 120 valence electrons. The number of nitrogens with zero attached hydrogens (tertiary/aromatic N) is 2. The summed E-state index contributed by atoms with van der Waals surface area (Å²) in [5, 5.41) is 3.63. The Hall–Kier alpha value is -0.930. The number of likely N-dealkylation sites (N-methyl/N-ethyl adjacent to an activating group) is 1. The molecular weight excluding hydrogens is 258 g/mol. The molecule has 0 unspecified atom stereocenters. The van der Waals surface area contributed by atoms with Crippen LogP contribution >= 0.6 is 0 Å². The minimum Gasteiger partial charge on any atom is -0.314 e. The van der Waals surface area contributed by atoms with E-state index < -0.39 is 0 Å². The van der Waals surface area contributed by atoms with E-state index in [1.807, 2.05) is 12.4 Å². The molecule has 0 atom stereocenters. The van der Waals surface area contributed by atoms with Crippen LogP contribution in [0.1, 0.15) is 46.1 Å². The van der Waals surface area contributed by atoms with Crippen LogP contribution in [0.5, 0.6) is 0 Å². The minimum absolute atomic E-state index is 0.386. The third-order valence-electron chi connectivity index (χ3n) is 4.52. The van der Waals surface area contributed by atoms with Gasteiger partial charge in [0.25, 0.3) is 0 Å². The zero-order chi connectivity index (χ0) is 15.7. The van der Waals surface area contributed by atoms with Crippen molar-refractivity contribution in [1.82, 2.24) is 15.2 Å². The van der Waals surface area contributed by atoms with Crippen LogP contribution in [0.3, 0.4) is 0 Å². The van der Waals surface area contributed by atoms with Gasteiger partial charge in [0, 0.05) is 38.1 Å². The van der Waals surface area contributed by atoms with Crippen molar-refractivity contribution >= 4 is 0 Å². The van der Waals surface area contributed by atoms with Crippen LogP contribution < -0.4 is 5.32 Å². The van der Waals surface area contributed by atoms with Gasteiger partial charge >= 0.3 is 0 Å². The van der Waals surface area contributed by atoms with Crippen molar-refractivity contribution in [3.05, 3.63) is 30.1 Å². The Kier molecular flexibility index (Phi) is 7.91. The molecule has 0 aliphatic rings. The summed E-state index contributed by atoms with van der Waals surface area (Å²) in [4.78, 5) is 6.56. The number of hydrogen-bond donors (Lipinski definition) is 1. The van der Waals surface area contributed by atoms with Crippen molar-refractivity contribution in [1.29, 1.82) is 0 Å². The third kappa shape index (κ3) is 6.58. The summed E-state index contributed by atoms with van der Waals surface area (Å²) in [6.07, 6.45) is 7.31. The Morgan fingerprint density at radius 1 is 1.19 bits per heavy atom. The maximum absolute atomic E-state index is 4.08. The second-order valence-corrected chi connectivity index (χ2v) is 6.59. The van der Waals surface area contributed by atoms with Gasteiger partial charge in [-0.1, -0.05) is 27.7 Å². The summed E-state index contributed by atoms with van der Waals surface area (Å²) in [6, 6.07) is 4.78. The van der Waals surface area contributed by atoms with Gasteiger partial charge in [-0.3, -0.25) is 4.98 Å². The zero-order valence-electron chi connectivity index (χ0n) is 14.5. The summed E-state index contributed by atoms with van der Waals surface area (Å²) in [7, 11) is 2.25. The molecular formula is C18H33N3. The van der Waals surface area contributed by atoms with Crippen LogP contribution in [0.2, 0.25) is 0 Å². The van der Waals surface area contributed by atoms with Crippen molar-refractivity contribution in [2.75, 3.05) is 26.7 Å². The number of rotatable bonds is 10. The largest absolute Gasteiger partial charge is 0.314 e. The van der Waals surface area contributed by atoms with E-state index in [-0.39, 0.29) is 0 Å². The van der Waals surface area contributed by atoms with Gasteiger partial charge in [0.05, 0.1) is 0 Å². The maximum Gasteiger partial charge on any atom is 0.0270 e. The molecule has 0 saturated carbocycles. The van der Waals surface area contributed by atoms with E-state index in [9.17, 15) is 0 Å². The quantitative estimate of drug-likeness (QED) is 0.716. The van der Waals surface area contributed by atoms with Crippen LogP contribution in [-0.4, -0.2) is 42.6 Å². The zero-order valence-corrected chi connectivity index (χ0v) is 14.5. The van der Waals surface area contributed by atoms with Crippen LogP contribution in [0.15, 0.2) is 24.5 Å². The molecule has 0 aliphatic heterocycles. The molecule has 0 aromatic carbocycles. The molecule has 3 nitrogen and oxygen atoms in total. The minimum atomic E-state index is 0.386. The Labute approximate surface area is 131 Å². The van der Waals surface area contributed by atoms with E-state index in [2.05, 4.69) is 62.1 Å². The van der Waals surface area contributed by atoms with Gasteiger partial charge in [-0.2, -0.15) is 0 Å². The molecule has 1 rings (SSSR count). The van der Waals surface area contributed by atoms with Crippen molar-refractivity contribution < 1.29 is 0 Å². The van der Waals surface area contributed by atoms with Gasteiger partial charge in [0.15, 0.2) is 0 Å². The van der Waals surface area contributed by atoms with E-state index in [1.165, 1.54) is 18.4 Å². The van der Waals surface area contributed by atoms with Crippen molar-refractivity contribution in [2.45, 2.75) is 53.0 Å². The molecule has 1 N–H and O–H groups in total. The van der Waals surface area contributed by atoms with Gasteiger partial charge in [0.1, 0.15) is 0 Å². The van der Waals surface area contributed by atoms with Crippen LogP contribution in [0, 0.1) is 5.41 Å². The Bertz CT molecular complexity index is 371. The average molecular weight is 291 g/mol. The smallest absolute Gasteiger partial charge is 0.0270 e. The number of nitrogens with one attached hydrogen (secondary N) is 1. The molecule has 3 heteroatoms. The van der Waals surface area contributed by atoms with E-state index >= 15 is 0 Å². The second kappa shape index (κ2) is 9.16. The highest BCUT2D eigenvalue weighted by Crippen LogP contribution is 2.26.